The monoisotopic (exact) mass is 531 g/mol. The van der Waals surface area contributed by atoms with E-state index in [1.165, 1.54) is 0 Å². The molecule has 0 saturated carbocycles. The molecule has 8 rings (SSSR count). The topological polar surface area (TPSA) is 61.0 Å². The molecule has 0 aliphatic carbocycles. The Kier molecular flexibility index (Phi) is 5.10. The highest BCUT2D eigenvalue weighted by Crippen LogP contribution is 2.50. The van der Waals surface area contributed by atoms with E-state index in [9.17, 15) is 0 Å². The molecule has 0 unspecified atom stereocenters. The summed E-state index contributed by atoms with van der Waals surface area (Å²) >= 11 is 0. The van der Waals surface area contributed by atoms with Gasteiger partial charge in [-0.3, -0.25) is 0 Å². The Morgan fingerprint density at radius 2 is 1.22 bits per heavy atom. The molecule has 0 bridgehead atoms. The Bertz CT molecular complexity index is 2110. The van der Waals surface area contributed by atoms with E-state index in [0.717, 1.165) is 61.3 Å². The normalized spacial score (nSPS) is 13.5. The molecule has 0 amide bonds. The Balaban J connectivity index is 1.35. The number of fused-ring (bicyclic) bond motifs is 5. The maximum Gasteiger partial charge on any atom is 0.164 e. The minimum atomic E-state index is -0.326. The van der Waals surface area contributed by atoms with Crippen LogP contribution in [0.3, 0.4) is 0 Å². The van der Waals surface area contributed by atoms with Crippen molar-refractivity contribution in [2.75, 3.05) is 0 Å². The largest absolute Gasteiger partial charge is 0.457 e. The predicted octanol–water partition coefficient (Wildman–Crippen LogP) is 9.20. The molecule has 1 aliphatic heterocycles. The van der Waals surface area contributed by atoms with Crippen LogP contribution in [0.25, 0.3) is 56.1 Å². The van der Waals surface area contributed by atoms with E-state index in [2.05, 4.69) is 50.2 Å². The van der Waals surface area contributed by atoms with Gasteiger partial charge in [0.2, 0.25) is 0 Å². The van der Waals surface area contributed by atoms with E-state index in [0.29, 0.717) is 17.5 Å². The summed E-state index contributed by atoms with van der Waals surface area (Å²) in [4.78, 5) is 15.0. The summed E-state index contributed by atoms with van der Waals surface area (Å²) in [5, 5.41) is 2.16. The SMILES string of the molecule is CC1(C)c2ccccc2Oc2cccc(-c3nc(-c4ccccc4)nc(-c4ccc5c(c4)oc4ccccc45)n3)c21. The Hall–Kier alpha value is -5.29. The number of ether oxygens (including phenoxy) is 1. The molecule has 0 N–H and O–H groups in total. The molecule has 0 radical (unpaired) electrons. The third-order valence-corrected chi connectivity index (χ3v) is 7.98. The van der Waals surface area contributed by atoms with Gasteiger partial charge >= 0.3 is 0 Å². The first kappa shape index (κ1) is 23.6. The lowest BCUT2D eigenvalue weighted by atomic mass is 9.73. The van der Waals surface area contributed by atoms with Crippen LogP contribution in [0.2, 0.25) is 0 Å². The lowest BCUT2D eigenvalue weighted by molar-refractivity contribution is 0.418. The van der Waals surface area contributed by atoms with Crippen LogP contribution in [0.5, 0.6) is 11.5 Å². The summed E-state index contributed by atoms with van der Waals surface area (Å²) in [5.74, 6) is 3.50. The van der Waals surface area contributed by atoms with Gasteiger partial charge < -0.3 is 9.15 Å². The van der Waals surface area contributed by atoms with Crippen LogP contribution in [0.15, 0.2) is 120 Å². The molecular formula is C36H25N3O2. The first-order valence-corrected chi connectivity index (χ1v) is 13.7. The Morgan fingerprint density at radius 3 is 2.10 bits per heavy atom. The zero-order valence-corrected chi connectivity index (χ0v) is 22.6. The standard InChI is InChI=1S/C36H25N3O2/c1-36(2)27-15-7-9-17-29(27)41-30-18-10-14-26(32(30)36)35-38-33(22-11-4-3-5-12-22)37-34(39-35)23-19-20-25-24-13-6-8-16-28(24)40-31(25)21-23/h3-21H,1-2H3. The third-order valence-electron chi connectivity index (χ3n) is 7.98. The van der Waals surface area contributed by atoms with Crippen LogP contribution in [0.4, 0.5) is 0 Å². The van der Waals surface area contributed by atoms with Crippen LogP contribution < -0.4 is 4.74 Å². The van der Waals surface area contributed by atoms with Crippen molar-refractivity contribution in [1.82, 2.24) is 15.0 Å². The molecule has 41 heavy (non-hydrogen) atoms. The van der Waals surface area contributed by atoms with Crippen LogP contribution in [0, 0.1) is 0 Å². The summed E-state index contributed by atoms with van der Waals surface area (Å²) in [6, 6.07) is 38.6. The second kappa shape index (κ2) is 8.86. The van der Waals surface area contributed by atoms with Gasteiger partial charge in [-0.1, -0.05) is 98.8 Å². The molecular weight excluding hydrogens is 506 g/mol. The van der Waals surface area contributed by atoms with Crippen LogP contribution in [-0.4, -0.2) is 15.0 Å². The third kappa shape index (κ3) is 3.74. The van der Waals surface area contributed by atoms with Crippen molar-refractivity contribution in [3.05, 3.63) is 126 Å². The van der Waals surface area contributed by atoms with Gasteiger partial charge in [0.05, 0.1) is 0 Å². The number of aromatic nitrogens is 3. The average molecular weight is 532 g/mol. The average Bonchev–Trinajstić information content (AvgIpc) is 3.39. The van der Waals surface area contributed by atoms with Crippen molar-refractivity contribution >= 4 is 21.9 Å². The molecule has 3 heterocycles. The van der Waals surface area contributed by atoms with E-state index >= 15 is 0 Å². The van der Waals surface area contributed by atoms with E-state index < -0.39 is 0 Å². The molecule has 196 valence electrons. The molecule has 7 aromatic rings. The second-order valence-electron chi connectivity index (χ2n) is 10.9. The van der Waals surface area contributed by atoms with Crippen molar-refractivity contribution in [3.63, 3.8) is 0 Å². The van der Waals surface area contributed by atoms with Gasteiger partial charge in [-0.2, -0.15) is 0 Å². The van der Waals surface area contributed by atoms with E-state index in [4.69, 9.17) is 24.1 Å². The molecule has 5 heteroatoms. The maximum atomic E-state index is 6.40. The van der Waals surface area contributed by atoms with E-state index in [-0.39, 0.29) is 5.41 Å². The molecule has 1 aliphatic rings. The number of hydrogen-bond acceptors (Lipinski definition) is 5. The summed E-state index contributed by atoms with van der Waals surface area (Å²) in [6.45, 7) is 4.46. The molecule has 0 saturated heterocycles. The summed E-state index contributed by atoms with van der Waals surface area (Å²) in [6.07, 6.45) is 0. The zero-order valence-electron chi connectivity index (χ0n) is 22.6. The number of furan rings is 1. The molecule has 0 atom stereocenters. The molecule has 0 spiro atoms. The highest BCUT2D eigenvalue weighted by molar-refractivity contribution is 6.05. The van der Waals surface area contributed by atoms with Gasteiger partial charge in [0.15, 0.2) is 17.5 Å². The van der Waals surface area contributed by atoms with Crippen molar-refractivity contribution in [1.29, 1.82) is 0 Å². The summed E-state index contributed by atoms with van der Waals surface area (Å²) < 4.78 is 12.6. The second-order valence-corrected chi connectivity index (χ2v) is 10.9. The zero-order chi connectivity index (χ0) is 27.6. The highest BCUT2D eigenvalue weighted by atomic mass is 16.5. The van der Waals surface area contributed by atoms with Crippen LogP contribution in [-0.2, 0) is 5.41 Å². The van der Waals surface area contributed by atoms with Gasteiger partial charge in [0.1, 0.15) is 22.7 Å². The number of benzene rings is 5. The van der Waals surface area contributed by atoms with Gasteiger partial charge in [-0.15, -0.1) is 0 Å². The van der Waals surface area contributed by atoms with Gasteiger partial charge in [-0.25, -0.2) is 15.0 Å². The van der Waals surface area contributed by atoms with Crippen molar-refractivity contribution < 1.29 is 9.15 Å². The fourth-order valence-corrected chi connectivity index (χ4v) is 5.98. The number of nitrogens with zero attached hydrogens (tertiary/aromatic N) is 3. The van der Waals surface area contributed by atoms with Crippen LogP contribution >= 0.6 is 0 Å². The van der Waals surface area contributed by atoms with Gasteiger partial charge in [0.25, 0.3) is 0 Å². The van der Waals surface area contributed by atoms with Crippen LogP contribution in [0.1, 0.15) is 25.0 Å². The quantitative estimate of drug-likeness (QED) is 0.227. The number of rotatable bonds is 3. The van der Waals surface area contributed by atoms with E-state index in [1.54, 1.807) is 0 Å². The predicted molar refractivity (Wildman–Crippen MR) is 162 cm³/mol. The summed E-state index contributed by atoms with van der Waals surface area (Å²) in [7, 11) is 0. The fourth-order valence-electron chi connectivity index (χ4n) is 5.98. The first-order chi connectivity index (χ1) is 20.1. The lowest BCUT2D eigenvalue weighted by Gasteiger charge is -2.35. The smallest absolute Gasteiger partial charge is 0.164 e. The Labute approximate surface area is 237 Å². The minimum Gasteiger partial charge on any atom is -0.457 e. The minimum absolute atomic E-state index is 0.326. The highest BCUT2D eigenvalue weighted by Gasteiger charge is 2.37. The number of para-hydroxylation sites is 2. The number of hydrogen-bond donors (Lipinski definition) is 0. The summed E-state index contributed by atoms with van der Waals surface area (Å²) in [5.41, 5.74) is 6.24. The lowest BCUT2D eigenvalue weighted by Crippen LogP contribution is -2.25. The molecule has 5 nitrogen and oxygen atoms in total. The van der Waals surface area contributed by atoms with Gasteiger partial charge in [-0.05, 0) is 30.3 Å². The van der Waals surface area contributed by atoms with Crippen molar-refractivity contribution in [2.24, 2.45) is 0 Å². The molecule has 2 aromatic heterocycles. The maximum absolute atomic E-state index is 6.40. The van der Waals surface area contributed by atoms with E-state index in [1.807, 2.05) is 78.9 Å². The van der Waals surface area contributed by atoms with Crippen molar-refractivity contribution in [2.45, 2.75) is 19.3 Å². The fraction of sp³-hybridized carbons (Fsp3) is 0.0833. The molecule has 0 fully saturated rings. The first-order valence-electron chi connectivity index (χ1n) is 13.7. The van der Waals surface area contributed by atoms with Crippen molar-refractivity contribution in [3.8, 4) is 45.7 Å². The molecule has 5 aromatic carbocycles. The van der Waals surface area contributed by atoms with Gasteiger partial charge in [0, 0.05) is 44.0 Å². The Morgan fingerprint density at radius 1 is 0.537 bits per heavy atom.